The standard InChI is InChI=1S/C20H16Cl2FN3O5S/c1-30-17-13(21)7-6-12(15(17)23)19-25-16(14(22)18(24)26-19)20(27)31-9-10-4-3-5-11(8-10)32(2,28)29/h3-8H,9H2,1-2H3,(H2,24,25,26). The highest BCUT2D eigenvalue weighted by Gasteiger charge is 2.23. The molecule has 12 heteroatoms. The highest BCUT2D eigenvalue weighted by molar-refractivity contribution is 7.90. The minimum Gasteiger partial charge on any atom is -0.492 e. The van der Waals surface area contributed by atoms with Crippen LogP contribution in [-0.4, -0.2) is 37.7 Å². The number of nitrogen functional groups attached to an aromatic ring is 1. The third-order valence-corrected chi connectivity index (χ3v) is 6.04. The molecule has 0 radical (unpaired) electrons. The molecule has 3 rings (SSSR count). The van der Waals surface area contributed by atoms with Crippen LogP contribution in [0.2, 0.25) is 10.0 Å². The van der Waals surface area contributed by atoms with E-state index in [1.165, 1.54) is 37.4 Å². The lowest BCUT2D eigenvalue weighted by Crippen LogP contribution is -2.12. The summed E-state index contributed by atoms with van der Waals surface area (Å²) in [4.78, 5) is 20.6. The van der Waals surface area contributed by atoms with Crippen molar-refractivity contribution >= 4 is 44.8 Å². The summed E-state index contributed by atoms with van der Waals surface area (Å²) in [5, 5.41) is -0.239. The number of rotatable bonds is 6. The highest BCUT2D eigenvalue weighted by Crippen LogP contribution is 2.35. The van der Waals surface area contributed by atoms with E-state index in [1.54, 1.807) is 6.07 Å². The summed E-state index contributed by atoms with van der Waals surface area (Å²) in [5.41, 5.74) is 5.70. The van der Waals surface area contributed by atoms with Crippen molar-refractivity contribution in [1.82, 2.24) is 9.97 Å². The molecule has 2 N–H and O–H groups in total. The number of hydrogen-bond acceptors (Lipinski definition) is 8. The largest absolute Gasteiger partial charge is 0.492 e. The molecule has 0 saturated heterocycles. The molecule has 1 aromatic heterocycles. The van der Waals surface area contributed by atoms with Gasteiger partial charge in [0.1, 0.15) is 17.4 Å². The molecular formula is C20H16Cl2FN3O5S. The van der Waals surface area contributed by atoms with Crippen LogP contribution in [0.15, 0.2) is 41.3 Å². The molecule has 0 bridgehead atoms. The second kappa shape index (κ2) is 9.27. The van der Waals surface area contributed by atoms with Crippen molar-refractivity contribution in [3.8, 4) is 17.1 Å². The highest BCUT2D eigenvalue weighted by atomic mass is 35.5. The predicted molar refractivity (Wildman–Crippen MR) is 117 cm³/mol. The van der Waals surface area contributed by atoms with Gasteiger partial charge in [-0.3, -0.25) is 0 Å². The Balaban J connectivity index is 1.92. The summed E-state index contributed by atoms with van der Waals surface area (Å²) in [5.74, 6) is -2.53. The lowest BCUT2D eigenvalue weighted by Gasteiger charge is -2.12. The van der Waals surface area contributed by atoms with E-state index in [0.29, 0.717) is 5.56 Å². The van der Waals surface area contributed by atoms with Gasteiger partial charge in [-0.15, -0.1) is 0 Å². The average molecular weight is 500 g/mol. The molecule has 0 unspecified atom stereocenters. The number of halogens is 3. The van der Waals surface area contributed by atoms with Crippen molar-refractivity contribution in [3.05, 3.63) is 63.5 Å². The fourth-order valence-corrected chi connectivity index (χ4v) is 3.77. The average Bonchev–Trinajstić information content (AvgIpc) is 2.74. The Morgan fingerprint density at radius 3 is 2.56 bits per heavy atom. The molecule has 0 spiro atoms. The number of sulfone groups is 1. The van der Waals surface area contributed by atoms with Crippen molar-refractivity contribution in [2.75, 3.05) is 19.1 Å². The van der Waals surface area contributed by atoms with E-state index >= 15 is 0 Å². The molecule has 0 aliphatic carbocycles. The quantitative estimate of drug-likeness (QED) is 0.506. The molecule has 0 aliphatic heterocycles. The third kappa shape index (κ3) is 4.93. The number of nitrogens with zero attached hydrogens (tertiary/aromatic N) is 2. The minimum atomic E-state index is -3.43. The summed E-state index contributed by atoms with van der Waals surface area (Å²) in [6.07, 6.45) is 1.06. The number of aromatic nitrogens is 2. The Morgan fingerprint density at radius 2 is 1.91 bits per heavy atom. The van der Waals surface area contributed by atoms with Crippen molar-refractivity contribution in [2.24, 2.45) is 0 Å². The normalized spacial score (nSPS) is 11.3. The van der Waals surface area contributed by atoms with E-state index in [-0.39, 0.29) is 50.2 Å². The molecule has 32 heavy (non-hydrogen) atoms. The number of methoxy groups -OCH3 is 1. The smallest absolute Gasteiger partial charge is 0.359 e. The van der Waals surface area contributed by atoms with Crippen LogP contribution in [0.4, 0.5) is 10.2 Å². The molecule has 0 amide bonds. The second-order valence-corrected chi connectivity index (χ2v) is 9.33. The Labute approximate surface area is 193 Å². The first kappa shape index (κ1) is 23.7. The van der Waals surface area contributed by atoms with Gasteiger partial charge in [0, 0.05) is 6.26 Å². The summed E-state index contributed by atoms with van der Waals surface area (Å²) in [7, 11) is -2.19. The number of carbonyl (C=O) groups excluding carboxylic acids is 1. The van der Waals surface area contributed by atoms with Crippen molar-refractivity contribution < 1.29 is 27.1 Å². The van der Waals surface area contributed by atoms with E-state index in [0.717, 1.165) is 6.26 Å². The van der Waals surface area contributed by atoms with Crippen LogP contribution in [0, 0.1) is 5.82 Å². The van der Waals surface area contributed by atoms with Crippen LogP contribution in [0.5, 0.6) is 5.75 Å². The van der Waals surface area contributed by atoms with Crippen LogP contribution in [-0.2, 0) is 21.2 Å². The molecule has 2 aromatic carbocycles. The molecular weight excluding hydrogens is 484 g/mol. The predicted octanol–water partition coefficient (Wildman–Crippen LogP) is 3.94. The number of ether oxygens (including phenoxy) is 2. The first-order valence-corrected chi connectivity index (χ1v) is 11.5. The van der Waals surface area contributed by atoms with E-state index in [1.807, 2.05) is 0 Å². The first-order chi connectivity index (χ1) is 15.0. The Bertz CT molecular complexity index is 1320. The van der Waals surface area contributed by atoms with Gasteiger partial charge in [-0.2, -0.15) is 0 Å². The number of anilines is 1. The Hall–Kier alpha value is -2.95. The van der Waals surface area contributed by atoms with Crippen molar-refractivity contribution in [1.29, 1.82) is 0 Å². The van der Waals surface area contributed by atoms with Gasteiger partial charge >= 0.3 is 5.97 Å². The van der Waals surface area contributed by atoms with E-state index in [4.69, 9.17) is 38.4 Å². The van der Waals surface area contributed by atoms with Crippen LogP contribution < -0.4 is 10.5 Å². The van der Waals surface area contributed by atoms with Gasteiger partial charge < -0.3 is 15.2 Å². The number of carbonyl (C=O) groups is 1. The number of nitrogens with two attached hydrogens (primary N) is 1. The molecule has 0 aliphatic rings. The van der Waals surface area contributed by atoms with Crippen LogP contribution >= 0.6 is 23.2 Å². The van der Waals surface area contributed by atoms with Gasteiger partial charge in [-0.1, -0.05) is 35.3 Å². The molecule has 0 atom stereocenters. The molecule has 1 heterocycles. The van der Waals surface area contributed by atoms with Gasteiger partial charge in [0.2, 0.25) is 0 Å². The molecule has 0 saturated carbocycles. The summed E-state index contributed by atoms with van der Waals surface area (Å²) < 4.78 is 48.3. The molecule has 168 valence electrons. The van der Waals surface area contributed by atoms with Gasteiger partial charge in [-0.05, 0) is 29.8 Å². The van der Waals surface area contributed by atoms with E-state index in [9.17, 15) is 17.6 Å². The maximum Gasteiger partial charge on any atom is 0.359 e. The van der Waals surface area contributed by atoms with Gasteiger partial charge in [0.15, 0.2) is 32.9 Å². The van der Waals surface area contributed by atoms with Gasteiger partial charge in [0.05, 0.1) is 22.6 Å². The molecule has 3 aromatic rings. The molecule has 0 fully saturated rings. The van der Waals surface area contributed by atoms with Crippen LogP contribution in [0.1, 0.15) is 16.1 Å². The zero-order valence-electron chi connectivity index (χ0n) is 16.7. The minimum absolute atomic E-state index is 0.0339. The Kier molecular flexibility index (Phi) is 6.87. The molecule has 8 nitrogen and oxygen atoms in total. The van der Waals surface area contributed by atoms with Crippen LogP contribution in [0.25, 0.3) is 11.4 Å². The fourth-order valence-electron chi connectivity index (χ4n) is 2.70. The summed E-state index contributed by atoms with van der Waals surface area (Å²) in [6.45, 7) is -0.263. The number of hydrogen-bond donors (Lipinski definition) is 1. The van der Waals surface area contributed by atoms with E-state index < -0.39 is 21.6 Å². The Morgan fingerprint density at radius 1 is 1.19 bits per heavy atom. The topological polar surface area (TPSA) is 121 Å². The summed E-state index contributed by atoms with van der Waals surface area (Å²) in [6, 6.07) is 8.57. The van der Waals surface area contributed by atoms with Gasteiger partial charge in [-0.25, -0.2) is 27.6 Å². The van der Waals surface area contributed by atoms with Crippen molar-refractivity contribution in [2.45, 2.75) is 11.5 Å². The zero-order valence-corrected chi connectivity index (χ0v) is 19.1. The van der Waals surface area contributed by atoms with E-state index in [2.05, 4.69) is 9.97 Å². The lowest BCUT2D eigenvalue weighted by atomic mass is 10.1. The second-order valence-electron chi connectivity index (χ2n) is 6.53. The number of esters is 1. The zero-order chi connectivity index (χ0) is 23.6. The SMILES string of the molecule is COc1c(Cl)ccc(-c2nc(N)c(Cl)c(C(=O)OCc3cccc(S(C)(=O)=O)c3)n2)c1F. The van der Waals surface area contributed by atoms with Crippen molar-refractivity contribution in [3.63, 3.8) is 0 Å². The summed E-state index contributed by atoms with van der Waals surface area (Å²) >= 11 is 12.0. The maximum absolute atomic E-state index is 14.8. The fraction of sp³-hybridized carbons (Fsp3) is 0.150. The number of benzene rings is 2. The van der Waals surface area contributed by atoms with Crippen LogP contribution in [0.3, 0.4) is 0 Å². The van der Waals surface area contributed by atoms with Gasteiger partial charge in [0.25, 0.3) is 0 Å². The lowest BCUT2D eigenvalue weighted by molar-refractivity contribution is 0.0465. The third-order valence-electron chi connectivity index (χ3n) is 4.26. The first-order valence-electron chi connectivity index (χ1n) is 8.84. The maximum atomic E-state index is 14.8. The monoisotopic (exact) mass is 499 g/mol.